The Morgan fingerprint density at radius 1 is 1.16 bits per heavy atom. The Balaban J connectivity index is 1.29. The third-order valence-corrected chi connectivity index (χ3v) is 6.86. The number of halogens is 2. The van der Waals surface area contributed by atoms with E-state index < -0.39 is 15.9 Å². The number of benzene rings is 1. The summed E-state index contributed by atoms with van der Waals surface area (Å²) in [4.78, 5) is 2.33. The van der Waals surface area contributed by atoms with Crippen LogP contribution in [0.4, 0.5) is 14.5 Å². The van der Waals surface area contributed by atoms with Gasteiger partial charge in [0.1, 0.15) is 0 Å². The summed E-state index contributed by atoms with van der Waals surface area (Å²) < 4.78 is 54.0. The maximum Gasteiger partial charge on any atom is 0.248 e. The number of anilines is 1. The van der Waals surface area contributed by atoms with E-state index in [1.165, 1.54) is 0 Å². The third kappa shape index (κ3) is 6.00. The normalized spacial score (nSPS) is 21.3. The van der Waals surface area contributed by atoms with Gasteiger partial charge in [-0.3, -0.25) is 9.62 Å². The van der Waals surface area contributed by atoms with Crippen molar-refractivity contribution < 1.29 is 17.2 Å². The van der Waals surface area contributed by atoms with E-state index in [1.807, 2.05) is 24.4 Å². The first kappa shape index (κ1) is 22.1. The smallest absolute Gasteiger partial charge is 0.248 e. The lowest BCUT2D eigenvalue weighted by molar-refractivity contribution is -0.0451. The molecule has 2 aromatic rings. The number of sulfonamides is 1. The van der Waals surface area contributed by atoms with Crippen molar-refractivity contribution in [3.05, 3.63) is 41.7 Å². The van der Waals surface area contributed by atoms with E-state index in [0.29, 0.717) is 31.0 Å². The van der Waals surface area contributed by atoms with Gasteiger partial charge in [0.05, 0.1) is 24.2 Å². The van der Waals surface area contributed by atoms with Gasteiger partial charge in [0.15, 0.2) is 0 Å². The fourth-order valence-corrected chi connectivity index (χ4v) is 5.13. The van der Waals surface area contributed by atoms with Crippen molar-refractivity contribution in [1.29, 1.82) is 0 Å². The molecule has 0 amide bonds. The largest absolute Gasteiger partial charge is 0.297 e. The van der Waals surface area contributed by atoms with Crippen LogP contribution in [0.25, 0.3) is 0 Å². The van der Waals surface area contributed by atoms with Gasteiger partial charge in [-0.2, -0.15) is 0 Å². The van der Waals surface area contributed by atoms with Crippen molar-refractivity contribution in [3.8, 4) is 0 Å². The average Bonchev–Trinajstić information content (AvgIpc) is 3.16. The minimum absolute atomic E-state index is 0.0134. The van der Waals surface area contributed by atoms with Crippen LogP contribution in [0.15, 0.2) is 30.5 Å². The summed E-state index contributed by atoms with van der Waals surface area (Å²) in [5, 5.41) is 8.46. The van der Waals surface area contributed by atoms with E-state index in [0.717, 1.165) is 43.4 Å². The molecule has 1 saturated heterocycles. The highest BCUT2D eigenvalue weighted by Gasteiger charge is 2.36. The summed E-state index contributed by atoms with van der Waals surface area (Å²) in [6.45, 7) is 2.53. The van der Waals surface area contributed by atoms with E-state index in [-0.39, 0.29) is 18.9 Å². The van der Waals surface area contributed by atoms with E-state index in [1.54, 1.807) is 10.7 Å². The first-order valence-electron chi connectivity index (χ1n) is 10.8. The Bertz CT molecular complexity index is 993. The number of hydrogen-bond donors (Lipinski definition) is 1. The zero-order chi connectivity index (χ0) is 22.1. The molecule has 0 unspecified atom stereocenters. The SMILES string of the molecule is CS(=O)(=O)Nc1cccc(C2CCN(Cc3cn(C4CCC(F)(F)CC4)nn3)CC2)c1. The second-order valence-electron chi connectivity index (χ2n) is 8.83. The molecule has 7 nitrogen and oxygen atoms in total. The minimum atomic E-state index is -3.29. The Morgan fingerprint density at radius 3 is 2.55 bits per heavy atom. The van der Waals surface area contributed by atoms with Crippen LogP contribution in [0.2, 0.25) is 0 Å². The molecular weight excluding hydrogens is 424 g/mol. The maximum atomic E-state index is 13.4. The van der Waals surface area contributed by atoms with Gasteiger partial charge in [-0.25, -0.2) is 21.9 Å². The number of likely N-dealkylation sites (tertiary alicyclic amines) is 1. The van der Waals surface area contributed by atoms with Gasteiger partial charge in [-0.1, -0.05) is 17.3 Å². The van der Waals surface area contributed by atoms with E-state index in [4.69, 9.17) is 0 Å². The van der Waals surface area contributed by atoms with Crippen LogP contribution in [0, 0.1) is 0 Å². The Kier molecular flexibility index (Phi) is 6.30. The molecule has 2 heterocycles. The zero-order valence-electron chi connectivity index (χ0n) is 17.7. The minimum Gasteiger partial charge on any atom is -0.297 e. The summed E-state index contributed by atoms with van der Waals surface area (Å²) in [6, 6.07) is 7.62. The van der Waals surface area contributed by atoms with Crippen molar-refractivity contribution >= 4 is 15.7 Å². The number of nitrogens with zero attached hydrogens (tertiary/aromatic N) is 4. The van der Waals surface area contributed by atoms with Crippen LogP contribution < -0.4 is 4.72 Å². The molecular formula is C21H29F2N5O2S. The van der Waals surface area contributed by atoms with Gasteiger partial charge in [-0.15, -0.1) is 5.10 Å². The molecule has 1 N–H and O–H groups in total. The first-order valence-corrected chi connectivity index (χ1v) is 12.6. The number of aromatic nitrogens is 3. The maximum absolute atomic E-state index is 13.4. The van der Waals surface area contributed by atoms with E-state index in [2.05, 4.69) is 19.9 Å². The van der Waals surface area contributed by atoms with Crippen molar-refractivity contribution in [2.24, 2.45) is 0 Å². The number of piperidine rings is 1. The molecule has 4 rings (SSSR count). The summed E-state index contributed by atoms with van der Waals surface area (Å²) >= 11 is 0. The van der Waals surface area contributed by atoms with Crippen molar-refractivity contribution in [2.45, 2.75) is 63.0 Å². The molecule has 31 heavy (non-hydrogen) atoms. The molecule has 0 atom stereocenters. The molecule has 0 spiro atoms. The third-order valence-electron chi connectivity index (χ3n) is 6.25. The molecule has 1 aromatic carbocycles. The van der Waals surface area contributed by atoms with Gasteiger partial charge in [0, 0.05) is 25.1 Å². The monoisotopic (exact) mass is 453 g/mol. The molecule has 0 radical (unpaired) electrons. The molecule has 170 valence electrons. The van der Waals surface area contributed by atoms with Crippen LogP contribution in [-0.4, -0.2) is 53.6 Å². The molecule has 2 fully saturated rings. The molecule has 2 aliphatic rings. The number of nitrogens with one attached hydrogen (secondary N) is 1. The predicted octanol–water partition coefficient (Wildman–Crippen LogP) is 3.78. The number of rotatable bonds is 6. The Morgan fingerprint density at radius 2 is 1.87 bits per heavy atom. The van der Waals surface area contributed by atoms with Gasteiger partial charge < -0.3 is 0 Å². The molecule has 1 saturated carbocycles. The molecule has 1 aliphatic carbocycles. The zero-order valence-corrected chi connectivity index (χ0v) is 18.5. The highest BCUT2D eigenvalue weighted by Crippen LogP contribution is 2.38. The van der Waals surface area contributed by atoms with Crippen LogP contribution in [0.1, 0.15) is 61.7 Å². The lowest BCUT2D eigenvalue weighted by atomic mass is 9.89. The van der Waals surface area contributed by atoms with E-state index in [9.17, 15) is 17.2 Å². The van der Waals surface area contributed by atoms with Crippen molar-refractivity contribution in [1.82, 2.24) is 19.9 Å². The van der Waals surface area contributed by atoms with Crippen LogP contribution in [-0.2, 0) is 16.6 Å². The Hall–Kier alpha value is -2.07. The van der Waals surface area contributed by atoms with Crippen molar-refractivity contribution in [3.63, 3.8) is 0 Å². The summed E-state index contributed by atoms with van der Waals surface area (Å²) in [5.41, 5.74) is 2.61. The highest BCUT2D eigenvalue weighted by atomic mass is 32.2. The Labute approximate surface area is 181 Å². The lowest BCUT2D eigenvalue weighted by Crippen LogP contribution is -2.32. The van der Waals surface area contributed by atoms with Crippen LogP contribution in [0.5, 0.6) is 0 Å². The van der Waals surface area contributed by atoms with Crippen molar-refractivity contribution in [2.75, 3.05) is 24.1 Å². The van der Waals surface area contributed by atoms with Crippen LogP contribution in [0.3, 0.4) is 0 Å². The fraction of sp³-hybridized carbons (Fsp3) is 0.619. The van der Waals surface area contributed by atoms with E-state index >= 15 is 0 Å². The lowest BCUT2D eigenvalue weighted by Gasteiger charge is -2.31. The number of hydrogen-bond acceptors (Lipinski definition) is 5. The highest BCUT2D eigenvalue weighted by molar-refractivity contribution is 7.92. The van der Waals surface area contributed by atoms with Gasteiger partial charge in [-0.05, 0) is 62.4 Å². The van der Waals surface area contributed by atoms with Crippen LogP contribution >= 0.6 is 0 Å². The first-order chi connectivity index (χ1) is 14.7. The second-order valence-corrected chi connectivity index (χ2v) is 10.6. The standard InChI is InChI=1S/C21H29F2N5O2S/c1-31(29,30)25-18-4-2-3-17(13-18)16-7-11-27(12-8-16)14-19-15-28(26-24-19)20-5-9-21(22,23)10-6-20/h2-4,13,15-16,20,25H,5-12,14H2,1H3. The molecule has 1 aliphatic heterocycles. The van der Waals surface area contributed by atoms with Gasteiger partial charge in [0.2, 0.25) is 15.9 Å². The van der Waals surface area contributed by atoms with Gasteiger partial charge >= 0.3 is 0 Å². The average molecular weight is 454 g/mol. The quantitative estimate of drug-likeness (QED) is 0.720. The molecule has 0 bridgehead atoms. The summed E-state index contributed by atoms with van der Waals surface area (Å²) in [5.74, 6) is -2.15. The second kappa shape index (κ2) is 8.82. The fourth-order valence-electron chi connectivity index (χ4n) is 4.58. The number of alkyl halides is 2. The predicted molar refractivity (Wildman–Crippen MR) is 115 cm³/mol. The topological polar surface area (TPSA) is 80.1 Å². The van der Waals surface area contributed by atoms with Gasteiger partial charge in [0.25, 0.3) is 0 Å². The molecule has 10 heteroatoms. The summed E-state index contributed by atoms with van der Waals surface area (Å²) in [6.07, 6.45) is 5.73. The summed E-state index contributed by atoms with van der Waals surface area (Å²) in [7, 11) is -3.29. The molecule has 1 aromatic heterocycles.